The second kappa shape index (κ2) is 7.02. The summed E-state index contributed by atoms with van der Waals surface area (Å²) >= 11 is 0. The minimum atomic E-state index is -0.544. The summed E-state index contributed by atoms with van der Waals surface area (Å²) in [6, 6.07) is 10.4. The lowest BCUT2D eigenvalue weighted by Gasteiger charge is -2.18. The largest absolute Gasteiger partial charge is 0.494 e. The molecule has 2 aromatic rings. The number of rotatable bonds is 4. The second-order valence-electron chi connectivity index (χ2n) is 7.05. The van der Waals surface area contributed by atoms with Gasteiger partial charge in [-0.3, -0.25) is 9.59 Å². The highest BCUT2D eigenvalue weighted by atomic mass is 19.1. The first-order valence-corrected chi connectivity index (χ1v) is 9.11. The normalized spacial score (nSPS) is 18.5. The van der Waals surface area contributed by atoms with Crippen LogP contribution in [0.2, 0.25) is 0 Å². The van der Waals surface area contributed by atoms with Crippen LogP contribution in [0, 0.1) is 11.7 Å². The zero-order valence-electron chi connectivity index (χ0n) is 15.1. The summed E-state index contributed by atoms with van der Waals surface area (Å²) in [6.45, 7) is 0.335. The van der Waals surface area contributed by atoms with Crippen LogP contribution in [0.4, 0.5) is 15.8 Å². The van der Waals surface area contributed by atoms with Crippen molar-refractivity contribution in [3.05, 3.63) is 53.3 Å². The van der Waals surface area contributed by atoms with Crippen molar-refractivity contribution in [2.24, 2.45) is 5.92 Å². The van der Waals surface area contributed by atoms with Crippen molar-refractivity contribution < 1.29 is 18.7 Å². The first-order valence-electron chi connectivity index (χ1n) is 9.11. The number of nitrogens with zero attached hydrogens (tertiary/aromatic N) is 1. The molecule has 2 aliphatic rings. The molecule has 0 bridgehead atoms. The van der Waals surface area contributed by atoms with Gasteiger partial charge in [-0.1, -0.05) is 6.07 Å². The molecule has 2 amide bonds. The van der Waals surface area contributed by atoms with Gasteiger partial charge in [0, 0.05) is 30.4 Å². The van der Waals surface area contributed by atoms with E-state index in [2.05, 4.69) is 17.4 Å². The molecule has 1 saturated heterocycles. The molecule has 5 nitrogen and oxygen atoms in total. The number of amides is 2. The Morgan fingerprint density at radius 1 is 1.19 bits per heavy atom. The lowest BCUT2D eigenvalue weighted by molar-refractivity contribution is -0.122. The number of carbonyl (C=O) groups is 2. The van der Waals surface area contributed by atoms with Crippen LogP contribution in [0.25, 0.3) is 0 Å². The van der Waals surface area contributed by atoms with Gasteiger partial charge in [-0.15, -0.1) is 0 Å². The van der Waals surface area contributed by atoms with Gasteiger partial charge in [0.1, 0.15) is 0 Å². The van der Waals surface area contributed by atoms with Crippen molar-refractivity contribution in [1.29, 1.82) is 0 Å². The van der Waals surface area contributed by atoms with E-state index in [9.17, 15) is 14.0 Å². The van der Waals surface area contributed by atoms with Crippen LogP contribution in [0.1, 0.15) is 24.0 Å². The fraction of sp³-hybridized carbons (Fsp3) is 0.333. The van der Waals surface area contributed by atoms with Gasteiger partial charge in [-0.25, -0.2) is 4.39 Å². The summed E-state index contributed by atoms with van der Waals surface area (Å²) in [5.41, 5.74) is 3.84. The summed E-state index contributed by atoms with van der Waals surface area (Å²) in [6.07, 6.45) is 3.43. The fourth-order valence-electron chi connectivity index (χ4n) is 3.85. The first kappa shape index (κ1) is 17.5. The molecule has 4 rings (SSSR count). The Morgan fingerprint density at radius 3 is 2.78 bits per heavy atom. The number of halogens is 1. The SMILES string of the molecule is COc1ccc(NC(=O)C2CC(=O)N(c3ccc4c(c3)CCC4)C2)cc1F. The van der Waals surface area contributed by atoms with Gasteiger partial charge in [0.2, 0.25) is 11.8 Å². The summed E-state index contributed by atoms with van der Waals surface area (Å²) in [5.74, 6) is -1.23. The highest BCUT2D eigenvalue weighted by Crippen LogP contribution is 2.31. The van der Waals surface area contributed by atoms with Gasteiger partial charge in [0.25, 0.3) is 0 Å². The molecule has 1 unspecified atom stereocenters. The monoisotopic (exact) mass is 368 g/mol. The molecule has 2 aromatic carbocycles. The molecule has 1 aliphatic heterocycles. The maximum atomic E-state index is 13.8. The van der Waals surface area contributed by atoms with E-state index in [-0.39, 0.29) is 24.0 Å². The number of carbonyl (C=O) groups excluding carboxylic acids is 2. The van der Waals surface area contributed by atoms with Crippen LogP contribution in [-0.2, 0) is 22.4 Å². The van der Waals surface area contributed by atoms with Crippen LogP contribution in [0.15, 0.2) is 36.4 Å². The molecule has 140 valence electrons. The van der Waals surface area contributed by atoms with Gasteiger partial charge in [0.15, 0.2) is 11.6 Å². The average Bonchev–Trinajstić information content (AvgIpc) is 3.27. The third kappa shape index (κ3) is 3.39. The molecule has 0 spiro atoms. The van der Waals surface area contributed by atoms with E-state index in [0.29, 0.717) is 12.2 Å². The number of aryl methyl sites for hydroxylation is 2. The third-order valence-electron chi connectivity index (χ3n) is 5.31. The molecule has 6 heteroatoms. The number of hydrogen-bond acceptors (Lipinski definition) is 3. The molecular weight excluding hydrogens is 347 g/mol. The first-order chi connectivity index (χ1) is 13.0. The van der Waals surface area contributed by atoms with Crippen LogP contribution >= 0.6 is 0 Å². The standard InChI is InChI=1S/C21H21FN2O3/c1-27-19-8-6-16(11-18(19)22)23-21(26)15-10-20(25)24(12-15)17-7-5-13-3-2-4-14(13)9-17/h5-9,11,15H,2-4,10,12H2,1H3,(H,23,26). The quantitative estimate of drug-likeness (QED) is 0.901. The maximum Gasteiger partial charge on any atom is 0.229 e. The van der Waals surface area contributed by atoms with E-state index in [4.69, 9.17) is 4.74 Å². The number of fused-ring (bicyclic) bond motifs is 1. The Labute approximate surface area is 157 Å². The summed E-state index contributed by atoms with van der Waals surface area (Å²) in [7, 11) is 1.38. The fourth-order valence-corrected chi connectivity index (χ4v) is 3.85. The molecule has 1 aliphatic carbocycles. The van der Waals surface area contributed by atoms with Crippen molar-refractivity contribution in [2.75, 3.05) is 23.9 Å². The Bertz CT molecular complexity index is 912. The van der Waals surface area contributed by atoms with Crippen molar-refractivity contribution >= 4 is 23.2 Å². The average molecular weight is 368 g/mol. The van der Waals surface area contributed by atoms with Gasteiger partial charge < -0.3 is 15.0 Å². The van der Waals surface area contributed by atoms with Gasteiger partial charge in [0.05, 0.1) is 13.0 Å². The van der Waals surface area contributed by atoms with Crippen molar-refractivity contribution in [1.82, 2.24) is 0 Å². The van der Waals surface area contributed by atoms with E-state index in [1.165, 1.54) is 30.4 Å². The van der Waals surface area contributed by atoms with Gasteiger partial charge in [-0.2, -0.15) is 0 Å². The Hall–Kier alpha value is -2.89. The maximum absolute atomic E-state index is 13.8. The zero-order chi connectivity index (χ0) is 19.0. The van der Waals surface area contributed by atoms with E-state index in [1.807, 2.05) is 6.07 Å². The highest BCUT2D eigenvalue weighted by molar-refractivity contribution is 6.03. The number of anilines is 2. The topological polar surface area (TPSA) is 58.6 Å². The molecule has 0 saturated carbocycles. The third-order valence-corrected chi connectivity index (χ3v) is 5.31. The van der Waals surface area contributed by atoms with E-state index in [1.54, 1.807) is 11.0 Å². The van der Waals surface area contributed by atoms with Gasteiger partial charge >= 0.3 is 0 Å². The number of methoxy groups -OCH3 is 1. The van der Waals surface area contributed by atoms with Crippen LogP contribution in [-0.4, -0.2) is 25.5 Å². The van der Waals surface area contributed by atoms with E-state index >= 15 is 0 Å². The number of ether oxygens (including phenoxy) is 1. The highest BCUT2D eigenvalue weighted by Gasteiger charge is 2.35. The summed E-state index contributed by atoms with van der Waals surface area (Å²) in [4.78, 5) is 26.7. The van der Waals surface area contributed by atoms with Gasteiger partial charge in [-0.05, 0) is 54.7 Å². The van der Waals surface area contributed by atoms with Crippen molar-refractivity contribution in [3.8, 4) is 5.75 Å². The number of nitrogens with one attached hydrogen (secondary N) is 1. The minimum Gasteiger partial charge on any atom is -0.494 e. The lowest BCUT2D eigenvalue weighted by atomic mass is 10.1. The molecule has 1 atom stereocenters. The molecule has 1 N–H and O–H groups in total. The lowest BCUT2D eigenvalue weighted by Crippen LogP contribution is -2.28. The van der Waals surface area contributed by atoms with Crippen LogP contribution in [0.3, 0.4) is 0 Å². The van der Waals surface area contributed by atoms with Crippen molar-refractivity contribution in [3.63, 3.8) is 0 Å². The second-order valence-corrected chi connectivity index (χ2v) is 7.05. The predicted octanol–water partition coefficient (Wildman–Crippen LogP) is 3.31. The molecule has 0 aromatic heterocycles. The Balaban J connectivity index is 1.45. The Kier molecular flexibility index (Phi) is 4.56. The molecular formula is C21H21FN2O3. The predicted molar refractivity (Wildman–Crippen MR) is 101 cm³/mol. The number of benzene rings is 2. The molecule has 27 heavy (non-hydrogen) atoms. The summed E-state index contributed by atoms with van der Waals surface area (Å²) in [5, 5.41) is 2.70. The summed E-state index contributed by atoms with van der Waals surface area (Å²) < 4.78 is 18.7. The molecule has 0 radical (unpaired) electrons. The van der Waals surface area contributed by atoms with Crippen LogP contribution in [0.5, 0.6) is 5.75 Å². The van der Waals surface area contributed by atoms with Crippen LogP contribution < -0.4 is 15.0 Å². The molecule has 1 fully saturated rings. The van der Waals surface area contributed by atoms with E-state index < -0.39 is 11.7 Å². The minimum absolute atomic E-state index is 0.0611. The molecule has 1 heterocycles. The smallest absolute Gasteiger partial charge is 0.229 e. The Morgan fingerprint density at radius 2 is 2.00 bits per heavy atom. The number of hydrogen-bond donors (Lipinski definition) is 1. The zero-order valence-corrected chi connectivity index (χ0v) is 15.1. The van der Waals surface area contributed by atoms with Crippen molar-refractivity contribution in [2.45, 2.75) is 25.7 Å². The van der Waals surface area contributed by atoms with E-state index in [0.717, 1.165) is 24.9 Å².